The van der Waals surface area contributed by atoms with Crippen molar-refractivity contribution in [1.82, 2.24) is 9.55 Å². The molecule has 8 heteroatoms. The van der Waals surface area contributed by atoms with Crippen molar-refractivity contribution < 1.29 is 19.1 Å². The van der Waals surface area contributed by atoms with E-state index in [4.69, 9.17) is 14.5 Å². The van der Waals surface area contributed by atoms with Gasteiger partial charge in [-0.25, -0.2) is 4.98 Å². The highest BCUT2D eigenvalue weighted by Gasteiger charge is 2.44. The van der Waals surface area contributed by atoms with Gasteiger partial charge in [0.1, 0.15) is 6.04 Å². The third-order valence-electron chi connectivity index (χ3n) is 6.60. The second kappa shape index (κ2) is 7.55. The summed E-state index contributed by atoms with van der Waals surface area (Å²) in [4.78, 5) is 33.2. The molecular weight excluding hydrogens is 408 g/mol. The highest BCUT2D eigenvalue weighted by atomic mass is 16.7. The summed E-state index contributed by atoms with van der Waals surface area (Å²) in [6, 6.07) is 12.6. The smallest absolute Gasteiger partial charge is 0.253 e. The molecule has 0 radical (unpaired) electrons. The maximum atomic E-state index is 13.6. The summed E-state index contributed by atoms with van der Waals surface area (Å²) in [6.07, 6.45) is 5.43. The van der Waals surface area contributed by atoms with Crippen molar-refractivity contribution in [3.8, 4) is 11.5 Å². The van der Waals surface area contributed by atoms with Crippen molar-refractivity contribution >= 4 is 34.5 Å². The topological polar surface area (TPSA) is 85.7 Å². The van der Waals surface area contributed by atoms with Crippen LogP contribution in [0.4, 0.5) is 11.6 Å². The van der Waals surface area contributed by atoms with Crippen LogP contribution in [-0.2, 0) is 9.59 Å². The number of para-hydroxylation sites is 2. The lowest BCUT2D eigenvalue weighted by atomic mass is 9.94. The van der Waals surface area contributed by atoms with Gasteiger partial charge in [0.15, 0.2) is 11.5 Å². The van der Waals surface area contributed by atoms with Gasteiger partial charge in [-0.2, -0.15) is 0 Å². The number of carbonyl (C=O) groups excluding carboxylic acids is 2. The molecule has 0 unspecified atom stereocenters. The Labute approximate surface area is 185 Å². The van der Waals surface area contributed by atoms with E-state index in [0.29, 0.717) is 23.1 Å². The van der Waals surface area contributed by atoms with E-state index in [2.05, 4.69) is 5.32 Å². The first kappa shape index (κ1) is 19.2. The average Bonchev–Trinajstić information content (AvgIpc) is 3.48. The molecule has 1 aliphatic carbocycles. The number of hydrogen-bond donors (Lipinski definition) is 1. The van der Waals surface area contributed by atoms with Crippen LogP contribution in [0.1, 0.15) is 44.6 Å². The van der Waals surface area contributed by atoms with E-state index in [0.717, 1.165) is 36.7 Å². The number of rotatable bonds is 4. The molecule has 0 bridgehead atoms. The van der Waals surface area contributed by atoms with Crippen LogP contribution in [-0.4, -0.2) is 34.2 Å². The van der Waals surface area contributed by atoms with Crippen LogP contribution in [0.15, 0.2) is 42.5 Å². The largest absolute Gasteiger partial charge is 0.454 e. The number of anilines is 2. The standard InChI is InChI=1S/C24H24N4O4/c29-22(25-15-10-11-20-21(12-15)32-14-31-20)13-19-23(30)27(16-6-2-1-3-7-16)24-26-17-8-4-5-9-18(17)28(19)24/h4-5,8-12,16,19H,1-3,6-7,13-14H2,(H,25,29)/t19-/m0/s1. The summed E-state index contributed by atoms with van der Waals surface area (Å²) in [6.45, 7) is 0.177. The minimum atomic E-state index is -0.603. The summed E-state index contributed by atoms with van der Waals surface area (Å²) in [5.74, 6) is 1.67. The fourth-order valence-electron chi connectivity index (χ4n) is 5.10. The molecule has 164 valence electrons. The maximum Gasteiger partial charge on any atom is 0.253 e. The van der Waals surface area contributed by atoms with Crippen molar-refractivity contribution in [2.75, 3.05) is 17.0 Å². The first-order valence-electron chi connectivity index (χ1n) is 11.2. The first-order chi connectivity index (χ1) is 15.7. The van der Waals surface area contributed by atoms with Crippen molar-refractivity contribution in [1.29, 1.82) is 0 Å². The van der Waals surface area contributed by atoms with Gasteiger partial charge in [0, 0.05) is 17.8 Å². The number of amides is 2. The molecule has 1 N–H and O–H groups in total. The van der Waals surface area contributed by atoms with Crippen molar-refractivity contribution in [2.24, 2.45) is 0 Å². The summed E-state index contributed by atoms with van der Waals surface area (Å²) >= 11 is 0. The minimum absolute atomic E-state index is 0.0361. The minimum Gasteiger partial charge on any atom is -0.454 e. The number of imidazole rings is 1. The van der Waals surface area contributed by atoms with E-state index in [1.807, 2.05) is 33.7 Å². The maximum absolute atomic E-state index is 13.6. The first-order valence-corrected chi connectivity index (χ1v) is 11.2. The van der Waals surface area contributed by atoms with Crippen molar-refractivity contribution in [2.45, 2.75) is 50.6 Å². The Bertz CT molecular complexity index is 1210. The lowest BCUT2D eigenvalue weighted by molar-refractivity contribution is -0.125. The zero-order valence-electron chi connectivity index (χ0n) is 17.6. The molecule has 8 nitrogen and oxygen atoms in total. The van der Waals surface area contributed by atoms with Crippen LogP contribution >= 0.6 is 0 Å². The molecule has 1 atom stereocenters. The van der Waals surface area contributed by atoms with E-state index in [1.165, 1.54) is 6.42 Å². The lowest BCUT2D eigenvalue weighted by Crippen LogP contribution is -2.41. The van der Waals surface area contributed by atoms with E-state index in [9.17, 15) is 9.59 Å². The second-order valence-electron chi connectivity index (χ2n) is 8.61. The molecule has 2 amide bonds. The Kier molecular flexibility index (Phi) is 4.52. The van der Waals surface area contributed by atoms with E-state index < -0.39 is 6.04 Å². The van der Waals surface area contributed by atoms with Gasteiger partial charge >= 0.3 is 0 Å². The molecule has 1 aromatic heterocycles. The molecule has 0 spiro atoms. The Morgan fingerprint density at radius 2 is 1.88 bits per heavy atom. The van der Waals surface area contributed by atoms with Gasteiger partial charge in [-0.3, -0.25) is 19.1 Å². The SMILES string of the molecule is O=C(C[C@H]1C(=O)N(C2CCCCC2)c2nc3ccccc3n21)Nc1ccc2c(c1)OCO2. The molecule has 2 aliphatic heterocycles. The summed E-state index contributed by atoms with van der Waals surface area (Å²) < 4.78 is 12.7. The van der Waals surface area contributed by atoms with Crippen LogP contribution in [0.5, 0.6) is 11.5 Å². The van der Waals surface area contributed by atoms with Crippen LogP contribution < -0.4 is 19.7 Å². The Hall–Kier alpha value is -3.55. The van der Waals surface area contributed by atoms with Crippen molar-refractivity contribution in [3.05, 3.63) is 42.5 Å². The number of hydrogen-bond acceptors (Lipinski definition) is 5. The van der Waals surface area contributed by atoms with Gasteiger partial charge in [0.25, 0.3) is 5.91 Å². The molecule has 2 aromatic carbocycles. The van der Waals surface area contributed by atoms with Gasteiger partial charge in [-0.15, -0.1) is 0 Å². The van der Waals surface area contributed by atoms with Gasteiger partial charge in [-0.1, -0.05) is 31.4 Å². The number of carbonyl (C=O) groups is 2. The van der Waals surface area contributed by atoms with Crippen LogP contribution in [0, 0.1) is 0 Å². The summed E-state index contributed by atoms with van der Waals surface area (Å²) in [7, 11) is 0. The summed E-state index contributed by atoms with van der Waals surface area (Å²) in [5.41, 5.74) is 2.34. The van der Waals surface area contributed by atoms with Gasteiger partial charge in [-0.05, 0) is 37.1 Å². The molecule has 3 heterocycles. The molecular formula is C24H24N4O4. The van der Waals surface area contributed by atoms with Gasteiger partial charge in [0.2, 0.25) is 18.6 Å². The predicted octanol–water partition coefficient (Wildman–Crippen LogP) is 4.01. The molecule has 0 saturated heterocycles. The van der Waals surface area contributed by atoms with Crippen molar-refractivity contribution in [3.63, 3.8) is 0 Å². The predicted molar refractivity (Wildman–Crippen MR) is 119 cm³/mol. The third kappa shape index (κ3) is 3.09. The normalized spacial score (nSPS) is 20.1. The zero-order chi connectivity index (χ0) is 21.7. The highest BCUT2D eigenvalue weighted by Crippen LogP contribution is 2.40. The highest BCUT2D eigenvalue weighted by molar-refractivity contribution is 6.05. The second-order valence-corrected chi connectivity index (χ2v) is 8.61. The fraction of sp³-hybridized carbons (Fsp3) is 0.375. The number of benzene rings is 2. The lowest BCUT2D eigenvalue weighted by Gasteiger charge is -2.30. The van der Waals surface area contributed by atoms with E-state index in [1.54, 1.807) is 18.2 Å². The van der Waals surface area contributed by atoms with Crippen LogP contribution in [0.25, 0.3) is 11.0 Å². The number of aromatic nitrogens is 2. The van der Waals surface area contributed by atoms with Crippen LogP contribution in [0.2, 0.25) is 0 Å². The molecule has 6 rings (SSSR count). The average molecular weight is 432 g/mol. The fourth-order valence-corrected chi connectivity index (χ4v) is 5.10. The molecule has 3 aromatic rings. The van der Waals surface area contributed by atoms with E-state index in [-0.39, 0.29) is 31.1 Å². The number of nitrogens with one attached hydrogen (secondary N) is 1. The molecule has 3 aliphatic rings. The summed E-state index contributed by atoms with van der Waals surface area (Å²) in [5, 5.41) is 2.91. The number of nitrogens with zero attached hydrogens (tertiary/aromatic N) is 3. The molecule has 1 fully saturated rings. The Morgan fingerprint density at radius 3 is 2.75 bits per heavy atom. The monoisotopic (exact) mass is 432 g/mol. The molecule has 32 heavy (non-hydrogen) atoms. The number of fused-ring (bicyclic) bond motifs is 4. The molecule has 1 saturated carbocycles. The van der Waals surface area contributed by atoms with Crippen LogP contribution in [0.3, 0.4) is 0 Å². The van der Waals surface area contributed by atoms with Gasteiger partial charge in [0.05, 0.1) is 17.5 Å². The zero-order valence-corrected chi connectivity index (χ0v) is 17.6. The van der Waals surface area contributed by atoms with E-state index >= 15 is 0 Å². The Balaban J connectivity index is 1.30. The third-order valence-corrected chi connectivity index (χ3v) is 6.60. The number of ether oxygens (including phenoxy) is 2. The quantitative estimate of drug-likeness (QED) is 0.673. The Morgan fingerprint density at radius 1 is 1.06 bits per heavy atom. The van der Waals surface area contributed by atoms with Gasteiger partial charge < -0.3 is 14.8 Å².